The van der Waals surface area contributed by atoms with Gasteiger partial charge in [0.15, 0.2) is 0 Å². The largest absolute Gasteiger partial charge is 0.393 e. The molecule has 0 aromatic rings. The molecule has 0 aliphatic carbocycles. The number of rotatable bonds is 1. The molecule has 1 aliphatic rings. The van der Waals surface area contributed by atoms with Gasteiger partial charge in [-0.25, -0.2) is 5.01 Å². The average molecular weight is 172 g/mol. The van der Waals surface area contributed by atoms with Crippen LogP contribution in [0.2, 0.25) is 0 Å². The Labute approximate surface area is 74.7 Å². The van der Waals surface area contributed by atoms with Crippen LogP contribution >= 0.6 is 0 Å². The maximum Gasteiger partial charge on any atom is 0.0558 e. The van der Waals surface area contributed by atoms with E-state index in [0.717, 1.165) is 25.9 Å². The SMILES string of the molecule is CNN1CCC(O)CC(C)(C)C1. The van der Waals surface area contributed by atoms with E-state index in [1.54, 1.807) is 0 Å². The summed E-state index contributed by atoms with van der Waals surface area (Å²) >= 11 is 0. The number of aliphatic hydroxyl groups is 1. The summed E-state index contributed by atoms with van der Waals surface area (Å²) in [5.74, 6) is 0. The lowest BCUT2D eigenvalue weighted by molar-refractivity contribution is 0.118. The van der Waals surface area contributed by atoms with Crippen LogP contribution in [-0.4, -0.2) is 36.4 Å². The fourth-order valence-electron chi connectivity index (χ4n) is 1.90. The summed E-state index contributed by atoms with van der Waals surface area (Å²) in [5, 5.41) is 11.8. The van der Waals surface area contributed by atoms with Crippen molar-refractivity contribution in [2.75, 3.05) is 20.1 Å². The zero-order valence-corrected chi connectivity index (χ0v) is 8.30. The zero-order valence-electron chi connectivity index (χ0n) is 8.30. The van der Waals surface area contributed by atoms with Crippen molar-refractivity contribution in [1.29, 1.82) is 0 Å². The maximum atomic E-state index is 9.58. The minimum absolute atomic E-state index is 0.127. The van der Waals surface area contributed by atoms with E-state index in [4.69, 9.17) is 0 Å². The van der Waals surface area contributed by atoms with Gasteiger partial charge in [-0.1, -0.05) is 13.8 Å². The van der Waals surface area contributed by atoms with Crippen LogP contribution in [0.5, 0.6) is 0 Å². The summed E-state index contributed by atoms with van der Waals surface area (Å²) in [6.45, 7) is 6.36. The molecular weight excluding hydrogens is 152 g/mol. The van der Waals surface area contributed by atoms with Crippen LogP contribution in [-0.2, 0) is 0 Å². The van der Waals surface area contributed by atoms with Crippen LogP contribution in [0.25, 0.3) is 0 Å². The number of hydrogen-bond acceptors (Lipinski definition) is 3. The normalized spacial score (nSPS) is 31.5. The standard InChI is InChI=1S/C9H20N2O/c1-9(2)6-8(12)4-5-11(7-9)10-3/h8,10,12H,4-7H2,1-3H3. The highest BCUT2D eigenvalue weighted by Crippen LogP contribution is 2.27. The highest BCUT2D eigenvalue weighted by atomic mass is 16.3. The first kappa shape index (κ1) is 9.96. The summed E-state index contributed by atoms with van der Waals surface area (Å²) in [7, 11) is 1.94. The van der Waals surface area contributed by atoms with E-state index < -0.39 is 0 Å². The van der Waals surface area contributed by atoms with Gasteiger partial charge in [0.25, 0.3) is 0 Å². The van der Waals surface area contributed by atoms with Gasteiger partial charge >= 0.3 is 0 Å². The Hall–Kier alpha value is -0.120. The van der Waals surface area contributed by atoms with Crippen molar-refractivity contribution in [3.8, 4) is 0 Å². The number of hydrazine groups is 1. The van der Waals surface area contributed by atoms with Crippen molar-refractivity contribution >= 4 is 0 Å². The van der Waals surface area contributed by atoms with Crippen LogP contribution in [0.15, 0.2) is 0 Å². The van der Waals surface area contributed by atoms with Crippen molar-refractivity contribution in [2.45, 2.75) is 32.8 Å². The van der Waals surface area contributed by atoms with Gasteiger partial charge in [-0.2, -0.15) is 0 Å². The van der Waals surface area contributed by atoms with Crippen LogP contribution in [0, 0.1) is 5.41 Å². The second kappa shape index (κ2) is 3.73. The van der Waals surface area contributed by atoms with Gasteiger partial charge in [0, 0.05) is 13.1 Å². The highest BCUT2D eigenvalue weighted by molar-refractivity contribution is 4.80. The van der Waals surface area contributed by atoms with Crippen LogP contribution in [0.4, 0.5) is 0 Å². The average Bonchev–Trinajstić information content (AvgIpc) is 2.07. The lowest BCUT2D eigenvalue weighted by atomic mass is 9.87. The summed E-state index contributed by atoms with van der Waals surface area (Å²) < 4.78 is 0. The smallest absolute Gasteiger partial charge is 0.0558 e. The van der Waals surface area contributed by atoms with Gasteiger partial charge in [-0.3, -0.25) is 5.43 Å². The number of hydrogen-bond donors (Lipinski definition) is 2. The fraction of sp³-hybridized carbons (Fsp3) is 1.00. The molecule has 0 radical (unpaired) electrons. The van der Waals surface area contributed by atoms with E-state index in [1.807, 2.05) is 7.05 Å². The van der Waals surface area contributed by atoms with Crippen molar-refractivity contribution < 1.29 is 5.11 Å². The highest BCUT2D eigenvalue weighted by Gasteiger charge is 2.28. The van der Waals surface area contributed by atoms with E-state index >= 15 is 0 Å². The monoisotopic (exact) mass is 172 g/mol. The van der Waals surface area contributed by atoms with Gasteiger partial charge in [0.1, 0.15) is 0 Å². The first-order valence-corrected chi connectivity index (χ1v) is 4.64. The summed E-state index contributed by atoms with van der Waals surface area (Å²) in [6.07, 6.45) is 1.66. The van der Waals surface area contributed by atoms with Crippen LogP contribution in [0.1, 0.15) is 26.7 Å². The predicted molar refractivity (Wildman–Crippen MR) is 49.7 cm³/mol. The fourth-order valence-corrected chi connectivity index (χ4v) is 1.90. The minimum Gasteiger partial charge on any atom is -0.393 e. The Balaban J connectivity index is 2.56. The zero-order chi connectivity index (χ0) is 9.19. The predicted octanol–water partition coefficient (Wildman–Crippen LogP) is 0.604. The molecule has 0 spiro atoms. The van der Waals surface area contributed by atoms with Gasteiger partial charge in [-0.15, -0.1) is 0 Å². The first-order chi connectivity index (χ1) is 5.53. The van der Waals surface area contributed by atoms with Crippen LogP contribution < -0.4 is 5.43 Å². The molecule has 1 aliphatic heterocycles. The molecule has 1 atom stereocenters. The Morgan fingerprint density at radius 2 is 2.17 bits per heavy atom. The van der Waals surface area contributed by atoms with Crippen molar-refractivity contribution in [2.24, 2.45) is 5.41 Å². The van der Waals surface area contributed by atoms with Gasteiger partial charge in [0.05, 0.1) is 6.10 Å². The van der Waals surface area contributed by atoms with Gasteiger partial charge in [0.2, 0.25) is 0 Å². The third-order valence-electron chi connectivity index (χ3n) is 2.46. The molecule has 0 saturated carbocycles. The molecule has 3 nitrogen and oxygen atoms in total. The molecule has 1 fully saturated rings. The molecule has 0 amide bonds. The Morgan fingerprint density at radius 3 is 2.75 bits per heavy atom. The molecule has 1 rings (SSSR count). The van der Waals surface area contributed by atoms with E-state index in [2.05, 4.69) is 24.3 Å². The van der Waals surface area contributed by atoms with E-state index in [0.29, 0.717) is 0 Å². The molecular formula is C9H20N2O. The summed E-state index contributed by atoms with van der Waals surface area (Å²) in [5.41, 5.74) is 3.36. The Kier molecular flexibility index (Phi) is 3.09. The Bertz CT molecular complexity index is 147. The van der Waals surface area contributed by atoms with Crippen LogP contribution in [0.3, 0.4) is 0 Å². The maximum absolute atomic E-state index is 9.58. The van der Waals surface area contributed by atoms with Gasteiger partial charge in [-0.05, 0) is 25.3 Å². The van der Waals surface area contributed by atoms with E-state index in [9.17, 15) is 5.11 Å². The molecule has 0 bridgehead atoms. The van der Waals surface area contributed by atoms with E-state index in [1.165, 1.54) is 0 Å². The molecule has 3 heteroatoms. The molecule has 1 heterocycles. The second-order valence-electron chi connectivity index (χ2n) is 4.46. The first-order valence-electron chi connectivity index (χ1n) is 4.64. The molecule has 12 heavy (non-hydrogen) atoms. The molecule has 72 valence electrons. The lowest BCUT2D eigenvalue weighted by Gasteiger charge is -2.28. The number of nitrogens with one attached hydrogen (secondary N) is 1. The Morgan fingerprint density at radius 1 is 1.50 bits per heavy atom. The minimum atomic E-state index is -0.127. The topological polar surface area (TPSA) is 35.5 Å². The molecule has 0 aromatic carbocycles. The lowest BCUT2D eigenvalue weighted by Crippen LogP contribution is -2.40. The molecule has 0 aromatic heterocycles. The van der Waals surface area contributed by atoms with Crippen molar-refractivity contribution in [1.82, 2.24) is 10.4 Å². The summed E-state index contributed by atoms with van der Waals surface area (Å²) in [6, 6.07) is 0. The number of aliphatic hydroxyl groups excluding tert-OH is 1. The summed E-state index contributed by atoms with van der Waals surface area (Å²) in [4.78, 5) is 0. The molecule has 2 N–H and O–H groups in total. The molecule has 1 saturated heterocycles. The molecule has 1 unspecified atom stereocenters. The second-order valence-corrected chi connectivity index (χ2v) is 4.46. The van der Waals surface area contributed by atoms with Crippen molar-refractivity contribution in [3.63, 3.8) is 0 Å². The third kappa shape index (κ3) is 2.73. The third-order valence-corrected chi connectivity index (χ3v) is 2.46. The van der Waals surface area contributed by atoms with Crippen molar-refractivity contribution in [3.05, 3.63) is 0 Å². The van der Waals surface area contributed by atoms with E-state index in [-0.39, 0.29) is 11.5 Å². The quantitative estimate of drug-likeness (QED) is 0.608. The number of nitrogens with zero attached hydrogens (tertiary/aromatic N) is 1. The van der Waals surface area contributed by atoms with Gasteiger partial charge < -0.3 is 5.11 Å².